The van der Waals surface area contributed by atoms with Gasteiger partial charge in [0.05, 0.1) is 0 Å². The van der Waals surface area contributed by atoms with Gasteiger partial charge in [0.15, 0.2) is 6.61 Å². The number of hydrogen-bond acceptors (Lipinski definition) is 4. The summed E-state index contributed by atoms with van der Waals surface area (Å²) >= 11 is 0. The van der Waals surface area contributed by atoms with Crippen LogP contribution in [-0.4, -0.2) is 18.5 Å². The lowest BCUT2D eigenvalue weighted by molar-refractivity contribution is -0.136. The Labute approximate surface area is 176 Å². The van der Waals surface area contributed by atoms with Gasteiger partial charge < -0.3 is 14.8 Å². The van der Waals surface area contributed by atoms with E-state index in [0.717, 1.165) is 23.2 Å². The van der Waals surface area contributed by atoms with E-state index < -0.39 is 5.97 Å². The number of amides is 1. The summed E-state index contributed by atoms with van der Waals surface area (Å²) in [4.78, 5) is 24.5. The molecule has 0 aliphatic rings. The number of rotatable bonds is 7. The van der Waals surface area contributed by atoms with Crippen LogP contribution >= 0.6 is 0 Å². The van der Waals surface area contributed by atoms with Crippen LogP contribution in [0.25, 0.3) is 0 Å². The van der Waals surface area contributed by atoms with E-state index in [1.54, 1.807) is 24.3 Å². The Morgan fingerprint density at radius 2 is 1.53 bits per heavy atom. The zero-order chi connectivity index (χ0) is 21.5. The molecular formula is C25H25NO4. The molecule has 0 aromatic heterocycles. The highest BCUT2D eigenvalue weighted by molar-refractivity contribution is 6.04. The minimum atomic E-state index is -0.512. The molecule has 3 aromatic rings. The quantitative estimate of drug-likeness (QED) is 0.440. The number of aryl methyl sites for hydroxylation is 3. The average Bonchev–Trinajstić information content (AvgIpc) is 2.75. The van der Waals surface area contributed by atoms with Crippen molar-refractivity contribution in [2.45, 2.75) is 27.2 Å². The van der Waals surface area contributed by atoms with E-state index >= 15 is 0 Å². The van der Waals surface area contributed by atoms with Crippen molar-refractivity contribution in [1.82, 2.24) is 0 Å². The van der Waals surface area contributed by atoms with Crippen LogP contribution < -0.4 is 14.8 Å². The highest BCUT2D eigenvalue weighted by Crippen LogP contribution is 2.19. The van der Waals surface area contributed by atoms with Crippen LogP contribution in [0.15, 0.2) is 66.7 Å². The number of nitrogens with one attached hydrogen (secondary N) is 1. The summed E-state index contributed by atoms with van der Waals surface area (Å²) in [7, 11) is 0. The van der Waals surface area contributed by atoms with E-state index in [-0.39, 0.29) is 12.5 Å². The van der Waals surface area contributed by atoms with Crippen LogP contribution in [0.4, 0.5) is 5.69 Å². The lowest BCUT2D eigenvalue weighted by Gasteiger charge is -2.10. The minimum absolute atomic E-state index is 0.194. The molecule has 154 valence electrons. The lowest BCUT2D eigenvalue weighted by Crippen LogP contribution is -2.18. The molecule has 0 bridgehead atoms. The van der Waals surface area contributed by atoms with Gasteiger partial charge >= 0.3 is 5.97 Å². The van der Waals surface area contributed by atoms with Crippen LogP contribution in [0.2, 0.25) is 0 Å². The Hall–Kier alpha value is -3.60. The summed E-state index contributed by atoms with van der Waals surface area (Å²) in [6.45, 7) is 5.84. The molecule has 0 aliphatic heterocycles. The van der Waals surface area contributed by atoms with Crippen molar-refractivity contribution >= 4 is 17.6 Å². The molecule has 0 atom stereocenters. The van der Waals surface area contributed by atoms with Crippen molar-refractivity contribution in [2.75, 3.05) is 11.9 Å². The van der Waals surface area contributed by atoms with Crippen molar-refractivity contribution < 1.29 is 19.1 Å². The second kappa shape index (κ2) is 9.74. The van der Waals surface area contributed by atoms with Crippen LogP contribution in [0.5, 0.6) is 11.5 Å². The Kier molecular flexibility index (Phi) is 6.86. The van der Waals surface area contributed by atoms with E-state index in [1.165, 1.54) is 5.56 Å². The standard InChI is InChI=1S/C25H25NO4/c1-4-19-6-10-21(11-7-19)29-16-24(27)30-22-12-8-20(9-13-22)25(28)26-23-14-5-17(2)15-18(23)3/h5-15H,4,16H2,1-3H3,(H,26,28). The van der Waals surface area contributed by atoms with Gasteiger partial charge in [-0.15, -0.1) is 0 Å². The first-order chi connectivity index (χ1) is 14.4. The zero-order valence-corrected chi connectivity index (χ0v) is 17.4. The van der Waals surface area contributed by atoms with Gasteiger partial charge in [-0.3, -0.25) is 4.79 Å². The molecule has 0 aliphatic carbocycles. The highest BCUT2D eigenvalue weighted by Gasteiger charge is 2.10. The van der Waals surface area contributed by atoms with E-state index in [0.29, 0.717) is 17.1 Å². The average molecular weight is 403 g/mol. The second-order valence-corrected chi connectivity index (χ2v) is 7.06. The van der Waals surface area contributed by atoms with Gasteiger partial charge in [0.1, 0.15) is 11.5 Å². The number of benzene rings is 3. The van der Waals surface area contributed by atoms with Gasteiger partial charge in [-0.1, -0.05) is 36.8 Å². The van der Waals surface area contributed by atoms with E-state index in [4.69, 9.17) is 9.47 Å². The highest BCUT2D eigenvalue weighted by atomic mass is 16.6. The molecule has 0 saturated heterocycles. The number of hydrogen-bond donors (Lipinski definition) is 1. The number of anilines is 1. The maximum Gasteiger partial charge on any atom is 0.349 e. The normalized spacial score (nSPS) is 10.4. The van der Waals surface area contributed by atoms with Gasteiger partial charge in [0.25, 0.3) is 5.91 Å². The van der Waals surface area contributed by atoms with Crippen molar-refractivity contribution in [3.63, 3.8) is 0 Å². The molecule has 0 unspecified atom stereocenters. The van der Waals surface area contributed by atoms with Crippen LogP contribution in [0.3, 0.4) is 0 Å². The molecule has 0 fully saturated rings. The van der Waals surface area contributed by atoms with E-state index in [2.05, 4.69) is 12.2 Å². The third-order valence-electron chi connectivity index (χ3n) is 4.67. The summed E-state index contributed by atoms with van der Waals surface area (Å²) in [6.07, 6.45) is 0.945. The van der Waals surface area contributed by atoms with Gasteiger partial charge in [-0.2, -0.15) is 0 Å². The SMILES string of the molecule is CCc1ccc(OCC(=O)Oc2ccc(C(=O)Nc3ccc(C)cc3C)cc2)cc1. The van der Waals surface area contributed by atoms with Crippen molar-refractivity contribution in [1.29, 1.82) is 0 Å². The molecule has 3 aromatic carbocycles. The van der Waals surface area contributed by atoms with Gasteiger partial charge in [-0.05, 0) is 73.9 Å². The molecule has 0 heterocycles. The smallest absolute Gasteiger partial charge is 0.349 e. The fraction of sp³-hybridized carbons (Fsp3) is 0.200. The van der Waals surface area contributed by atoms with Gasteiger partial charge in [-0.25, -0.2) is 4.79 Å². The predicted octanol–water partition coefficient (Wildman–Crippen LogP) is 5.10. The monoisotopic (exact) mass is 403 g/mol. The van der Waals surface area contributed by atoms with Crippen molar-refractivity contribution in [3.8, 4) is 11.5 Å². The van der Waals surface area contributed by atoms with Gasteiger partial charge in [0, 0.05) is 11.3 Å². The number of carbonyl (C=O) groups is 2. The first-order valence-electron chi connectivity index (χ1n) is 9.85. The summed E-state index contributed by atoms with van der Waals surface area (Å²) in [5.41, 5.74) is 4.58. The van der Waals surface area contributed by atoms with Crippen molar-refractivity contribution in [3.05, 3.63) is 89.0 Å². The second-order valence-electron chi connectivity index (χ2n) is 7.06. The topological polar surface area (TPSA) is 64.6 Å². The Bertz CT molecular complexity index is 1020. The number of carbonyl (C=O) groups excluding carboxylic acids is 2. The van der Waals surface area contributed by atoms with Crippen molar-refractivity contribution in [2.24, 2.45) is 0 Å². The molecule has 1 amide bonds. The van der Waals surface area contributed by atoms with E-state index in [9.17, 15) is 9.59 Å². The fourth-order valence-corrected chi connectivity index (χ4v) is 2.95. The van der Waals surface area contributed by atoms with E-state index in [1.807, 2.05) is 56.3 Å². The van der Waals surface area contributed by atoms with Crippen LogP contribution in [0, 0.1) is 13.8 Å². The fourth-order valence-electron chi connectivity index (χ4n) is 2.95. The maximum absolute atomic E-state index is 12.5. The summed E-state index contributed by atoms with van der Waals surface area (Å²) in [5, 5.41) is 2.89. The van der Waals surface area contributed by atoms with Crippen LogP contribution in [0.1, 0.15) is 34.0 Å². The molecule has 5 nitrogen and oxygen atoms in total. The first kappa shape index (κ1) is 21.1. The molecule has 3 rings (SSSR count). The lowest BCUT2D eigenvalue weighted by atomic mass is 10.1. The number of esters is 1. The Morgan fingerprint density at radius 3 is 2.17 bits per heavy atom. The third kappa shape index (κ3) is 5.70. The first-order valence-corrected chi connectivity index (χ1v) is 9.85. The zero-order valence-electron chi connectivity index (χ0n) is 17.4. The summed E-state index contributed by atoms with van der Waals surface area (Å²) in [6, 6.07) is 19.8. The third-order valence-corrected chi connectivity index (χ3v) is 4.67. The Morgan fingerprint density at radius 1 is 0.867 bits per heavy atom. The molecule has 0 radical (unpaired) electrons. The minimum Gasteiger partial charge on any atom is -0.482 e. The molecular weight excluding hydrogens is 378 g/mol. The number of ether oxygens (including phenoxy) is 2. The predicted molar refractivity (Wildman–Crippen MR) is 117 cm³/mol. The van der Waals surface area contributed by atoms with Crippen LogP contribution in [-0.2, 0) is 11.2 Å². The molecule has 5 heteroatoms. The molecule has 1 N–H and O–H groups in total. The summed E-state index contributed by atoms with van der Waals surface area (Å²) in [5.74, 6) is 0.233. The molecule has 30 heavy (non-hydrogen) atoms. The maximum atomic E-state index is 12.5. The van der Waals surface area contributed by atoms with Gasteiger partial charge in [0.2, 0.25) is 0 Å². The Balaban J connectivity index is 1.52. The largest absolute Gasteiger partial charge is 0.482 e. The molecule has 0 saturated carbocycles. The molecule has 0 spiro atoms. The summed E-state index contributed by atoms with van der Waals surface area (Å²) < 4.78 is 10.7.